The van der Waals surface area contributed by atoms with Crippen molar-refractivity contribution in [1.29, 1.82) is 0 Å². The fourth-order valence-corrected chi connectivity index (χ4v) is 3.07. The quantitative estimate of drug-likeness (QED) is 0.406. The number of anilines is 2. The molecule has 2 N–H and O–H groups in total. The summed E-state index contributed by atoms with van der Waals surface area (Å²) in [5, 5.41) is 0. The summed E-state index contributed by atoms with van der Waals surface area (Å²) in [5.74, 6) is 1.67. The van der Waals surface area contributed by atoms with Crippen molar-refractivity contribution >= 4 is 23.2 Å². The molecule has 2 aromatic carbocycles. The van der Waals surface area contributed by atoms with Crippen molar-refractivity contribution in [3.63, 3.8) is 0 Å². The molecule has 6 heteroatoms. The topological polar surface area (TPSA) is 74.0 Å². The molecule has 0 aliphatic heterocycles. The van der Waals surface area contributed by atoms with Gasteiger partial charge in [-0.3, -0.25) is 4.79 Å². The number of allylic oxidation sites excluding steroid dienone is 1. The third-order valence-electron chi connectivity index (χ3n) is 4.71. The molecule has 0 aromatic heterocycles. The molecule has 2 rings (SSSR count). The average Bonchev–Trinajstić information content (AvgIpc) is 2.70. The molecule has 29 heavy (non-hydrogen) atoms. The summed E-state index contributed by atoms with van der Waals surface area (Å²) in [6.07, 6.45) is 1.85. The molecule has 0 amide bonds. The van der Waals surface area contributed by atoms with Crippen LogP contribution in [0.5, 0.6) is 17.2 Å². The molecule has 0 bridgehead atoms. The first-order valence-corrected chi connectivity index (χ1v) is 9.36. The predicted molar refractivity (Wildman–Crippen MR) is 118 cm³/mol. The predicted octanol–water partition coefficient (Wildman–Crippen LogP) is 4.28. The van der Waals surface area contributed by atoms with Gasteiger partial charge in [0, 0.05) is 36.9 Å². The summed E-state index contributed by atoms with van der Waals surface area (Å²) in [5.41, 5.74) is 9.46. The standard InChI is InChI=1S/C23H30N2O4/c1-14(2)17(23(26)15-8-9-18(24)19(11-15)25(3)4)10-16-12-21(28-6)22(29-7)13-20(16)27-5/h8-14H,24H2,1-7H3/b17-10+. The van der Waals surface area contributed by atoms with E-state index >= 15 is 0 Å². The van der Waals surface area contributed by atoms with Crippen LogP contribution in [0.2, 0.25) is 0 Å². The van der Waals surface area contributed by atoms with E-state index in [1.165, 1.54) is 0 Å². The van der Waals surface area contributed by atoms with E-state index in [0.29, 0.717) is 34.1 Å². The van der Waals surface area contributed by atoms with Crippen molar-refractivity contribution in [2.75, 3.05) is 46.1 Å². The number of rotatable bonds is 8. The Balaban J connectivity index is 2.58. The molecule has 0 aliphatic rings. The van der Waals surface area contributed by atoms with Crippen molar-refractivity contribution in [2.45, 2.75) is 13.8 Å². The van der Waals surface area contributed by atoms with Crippen LogP contribution in [-0.2, 0) is 0 Å². The van der Waals surface area contributed by atoms with E-state index < -0.39 is 0 Å². The number of carbonyl (C=O) groups excluding carboxylic acids is 1. The molecule has 0 saturated carbocycles. The summed E-state index contributed by atoms with van der Waals surface area (Å²) in [4.78, 5) is 15.2. The first-order chi connectivity index (χ1) is 13.7. The zero-order valence-electron chi connectivity index (χ0n) is 18.2. The number of nitrogens with zero attached hydrogens (tertiary/aromatic N) is 1. The first-order valence-electron chi connectivity index (χ1n) is 9.36. The number of nitrogens with two attached hydrogens (primary N) is 1. The maximum atomic E-state index is 13.3. The highest BCUT2D eigenvalue weighted by atomic mass is 16.5. The Morgan fingerprint density at radius 3 is 2.07 bits per heavy atom. The van der Waals surface area contributed by atoms with E-state index in [1.54, 1.807) is 39.5 Å². The summed E-state index contributed by atoms with van der Waals surface area (Å²) in [6, 6.07) is 8.89. The highest BCUT2D eigenvalue weighted by Crippen LogP contribution is 2.36. The van der Waals surface area contributed by atoms with E-state index in [9.17, 15) is 4.79 Å². The summed E-state index contributed by atoms with van der Waals surface area (Å²) >= 11 is 0. The van der Waals surface area contributed by atoms with Gasteiger partial charge in [-0.1, -0.05) is 13.8 Å². The highest BCUT2D eigenvalue weighted by Gasteiger charge is 2.19. The maximum Gasteiger partial charge on any atom is 0.189 e. The van der Waals surface area contributed by atoms with Gasteiger partial charge in [-0.25, -0.2) is 0 Å². The summed E-state index contributed by atoms with van der Waals surface area (Å²) < 4.78 is 16.3. The highest BCUT2D eigenvalue weighted by molar-refractivity contribution is 6.12. The second-order valence-corrected chi connectivity index (χ2v) is 7.20. The Hall–Kier alpha value is -3.15. The number of ketones is 1. The molecule has 0 saturated heterocycles. The Bertz CT molecular complexity index is 917. The van der Waals surface area contributed by atoms with Crippen molar-refractivity contribution in [3.8, 4) is 17.2 Å². The maximum absolute atomic E-state index is 13.3. The third kappa shape index (κ3) is 4.83. The van der Waals surface area contributed by atoms with Gasteiger partial charge >= 0.3 is 0 Å². The summed E-state index contributed by atoms with van der Waals surface area (Å²) in [7, 11) is 8.52. The minimum Gasteiger partial charge on any atom is -0.496 e. The second kappa shape index (κ2) is 9.37. The first kappa shape index (κ1) is 22.1. The lowest BCUT2D eigenvalue weighted by molar-refractivity contribution is 0.102. The van der Waals surface area contributed by atoms with Gasteiger partial charge in [0.2, 0.25) is 0 Å². The Kier molecular flexibility index (Phi) is 7.15. The third-order valence-corrected chi connectivity index (χ3v) is 4.71. The van der Waals surface area contributed by atoms with Crippen LogP contribution in [0, 0.1) is 5.92 Å². The molecule has 0 aliphatic carbocycles. The molecular weight excluding hydrogens is 368 g/mol. The van der Waals surface area contributed by atoms with Crippen LogP contribution in [0.4, 0.5) is 11.4 Å². The van der Waals surface area contributed by atoms with E-state index in [2.05, 4.69) is 0 Å². The van der Waals surface area contributed by atoms with Crippen LogP contribution in [0.3, 0.4) is 0 Å². The van der Waals surface area contributed by atoms with Crippen molar-refractivity contribution in [3.05, 3.63) is 47.0 Å². The van der Waals surface area contributed by atoms with Crippen LogP contribution < -0.4 is 24.8 Å². The van der Waals surface area contributed by atoms with Gasteiger partial charge in [0.25, 0.3) is 0 Å². The Labute approximate surface area is 172 Å². The van der Waals surface area contributed by atoms with Gasteiger partial charge in [-0.2, -0.15) is 0 Å². The van der Waals surface area contributed by atoms with E-state index in [-0.39, 0.29) is 11.7 Å². The lowest BCUT2D eigenvalue weighted by Gasteiger charge is -2.18. The molecule has 0 radical (unpaired) electrons. The van der Waals surface area contributed by atoms with E-state index in [1.807, 2.05) is 51.1 Å². The van der Waals surface area contributed by atoms with Gasteiger partial charge in [0.1, 0.15) is 5.75 Å². The Morgan fingerprint density at radius 1 is 0.966 bits per heavy atom. The normalized spacial score (nSPS) is 11.4. The smallest absolute Gasteiger partial charge is 0.189 e. The molecule has 0 heterocycles. The fraction of sp³-hybridized carbons (Fsp3) is 0.348. The number of methoxy groups -OCH3 is 3. The molecule has 0 atom stereocenters. The molecule has 0 spiro atoms. The van der Waals surface area contributed by atoms with Gasteiger partial charge in [0.15, 0.2) is 17.3 Å². The van der Waals surface area contributed by atoms with Crippen LogP contribution in [0.25, 0.3) is 6.08 Å². The molecule has 2 aromatic rings. The molecule has 6 nitrogen and oxygen atoms in total. The van der Waals surface area contributed by atoms with Gasteiger partial charge < -0.3 is 24.8 Å². The van der Waals surface area contributed by atoms with Crippen molar-refractivity contribution < 1.29 is 19.0 Å². The molecular formula is C23H30N2O4. The monoisotopic (exact) mass is 398 g/mol. The second-order valence-electron chi connectivity index (χ2n) is 7.20. The molecule has 0 unspecified atom stereocenters. The van der Waals surface area contributed by atoms with Gasteiger partial charge in [0.05, 0.1) is 32.7 Å². The van der Waals surface area contributed by atoms with E-state index in [0.717, 1.165) is 11.3 Å². The number of ether oxygens (including phenoxy) is 3. The van der Waals surface area contributed by atoms with Gasteiger partial charge in [-0.05, 0) is 36.3 Å². The van der Waals surface area contributed by atoms with Crippen molar-refractivity contribution in [1.82, 2.24) is 0 Å². The van der Waals surface area contributed by atoms with Crippen LogP contribution in [0.1, 0.15) is 29.8 Å². The number of carbonyl (C=O) groups is 1. The zero-order valence-corrected chi connectivity index (χ0v) is 18.2. The number of hydrogen-bond acceptors (Lipinski definition) is 6. The zero-order chi connectivity index (χ0) is 21.7. The summed E-state index contributed by atoms with van der Waals surface area (Å²) in [6.45, 7) is 3.97. The molecule has 156 valence electrons. The van der Waals surface area contributed by atoms with Crippen molar-refractivity contribution in [2.24, 2.45) is 5.92 Å². The Morgan fingerprint density at radius 2 is 1.55 bits per heavy atom. The largest absolute Gasteiger partial charge is 0.496 e. The SMILES string of the molecule is COc1cc(OC)c(OC)cc1/C=C(/C(=O)c1ccc(N)c(N(C)C)c1)C(C)C. The lowest BCUT2D eigenvalue weighted by Crippen LogP contribution is -2.14. The average molecular weight is 399 g/mol. The number of nitrogen functional groups attached to an aromatic ring is 1. The lowest BCUT2D eigenvalue weighted by atomic mass is 9.91. The fourth-order valence-electron chi connectivity index (χ4n) is 3.07. The minimum atomic E-state index is -0.0556. The number of Topliss-reactive ketones (excluding diaryl/α,β-unsaturated/α-hetero) is 1. The van der Waals surface area contributed by atoms with Crippen LogP contribution in [0.15, 0.2) is 35.9 Å². The molecule has 0 fully saturated rings. The minimum absolute atomic E-state index is 0.000613. The van der Waals surface area contributed by atoms with Crippen LogP contribution in [-0.4, -0.2) is 41.2 Å². The number of hydrogen-bond donors (Lipinski definition) is 1. The van der Waals surface area contributed by atoms with Crippen LogP contribution >= 0.6 is 0 Å². The number of benzene rings is 2. The van der Waals surface area contributed by atoms with Gasteiger partial charge in [-0.15, -0.1) is 0 Å². The van der Waals surface area contributed by atoms with E-state index in [4.69, 9.17) is 19.9 Å².